The van der Waals surface area contributed by atoms with Crippen molar-refractivity contribution in [3.8, 4) is 5.69 Å². The van der Waals surface area contributed by atoms with Gasteiger partial charge in [0.1, 0.15) is 5.69 Å². The Morgan fingerprint density at radius 3 is 1.74 bits per heavy atom. The Morgan fingerprint density at radius 1 is 0.741 bits per heavy atom. The minimum absolute atomic E-state index is 0.230. The molecule has 0 amide bonds. The van der Waals surface area contributed by atoms with Crippen molar-refractivity contribution in [1.82, 2.24) is 9.78 Å². The minimum atomic E-state index is -4.27. The van der Waals surface area contributed by atoms with Gasteiger partial charge in [-0.1, -0.05) is 0 Å². The van der Waals surface area contributed by atoms with E-state index in [0.717, 1.165) is 0 Å². The Labute approximate surface area is 154 Å². The second-order valence-electron chi connectivity index (χ2n) is 5.28. The van der Waals surface area contributed by atoms with Crippen molar-refractivity contribution in [3.05, 3.63) is 60.9 Å². The van der Waals surface area contributed by atoms with Crippen molar-refractivity contribution < 1.29 is 25.9 Å². The van der Waals surface area contributed by atoms with E-state index >= 15 is 0 Å². The zero-order chi connectivity index (χ0) is 19.7. The fourth-order valence-corrected chi connectivity index (χ4v) is 3.04. The zero-order valence-corrected chi connectivity index (χ0v) is 15.0. The van der Waals surface area contributed by atoms with Crippen LogP contribution in [-0.4, -0.2) is 35.7 Å². The first-order valence-corrected chi connectivity index (χ1v) is 10.1. The summed E-state index contributed by atoms with van der Waals surface area (Å²) in [5.74, 6) is 0. The Morgan fingerprint density at radius 2 is 1.22 bits per heavy atom. The van der Waals surface area contributed by atoms with E-state index in [1.807, 2.05) is 0 Å². The van der Waals surface area contributed by atoms with Crippen molar-refractivity contribution in [2.45, 2.75) is 9.79 Å². The first kappa shape index (κ1) is 18.8. The van der Waals surface area contributed by atoms with E-state index in [-0.39, 0.29) is 9.79 Å². The molecular formula is C15H12N4O6S2. The van der Waals surface area contributed by atoms with Crippen molar-refractivity contribution in [2.75, 3.05) is 0 Å². The van der Waals surface area contributed by atoms with Crippen molar-refractivity contribution in [2.24, 2.45) is 10.2 Å². The number of aromatic nitrogens is 2. The molecule has 0 saturated heterocycles. The highest BCUT2D eigenvalue weighted by Crippen LogP contribution is 2.21. The summed E-state index contributed by atoms with van der Waals surface area (Å²) < 4.78 is 63.4. The average molecular weight is 408 g/mol. The predicted octanol–water partition coefficient (Wildman–Crippen LogP) is 2.78. The number of benzene rings is 2. The van der Waals surface area contributed by atoms with E-state index in [0.29, 0.717) is 17.1 Å². The molecule has 0 atom stereocenters. The zero-order valence-electron chi connectivity index (χ0n) is 13.4. The van der Waals surface area contributed by atoms with Gasteiger partial charge >= 0.3 is 0 Å². The summed E-state index contributed by atoms with van der Waals surface area (Å²) in [6.07, 6.45) is 2.96. The summed E-state index contributed by atoms with van der Waals surface area (Å²) in [6, 6.07) is 10.6. The Hall–Kier alpha value is -2.93. The molecule has 0 aliphatic carbocycles. The molecule has 0 bridgehead atoms. The van der Waals surface area contributed by atoms with E-state index in [1.165, 1.54) is 59.4 Å². The summed E-state index contributed by atoms with van der Waals surface area (Å²) in [6.45, 7) is 0. The van der Waals surface area contributed by atoms with Crippen LogP contribution in [0.15, 0.2) is 80.9 Å². The molecule has 0 unspecified atom stereocenters. The van der Waals surface area contributed by atoms with Gasteiger partial charge in [-0.3, -0.25) is 9.11 Å². The maximum Gasteiger partial charge on any atom is 0.294 e. The van der Waals surface area contributed by atoms with Crippen LogP contribution >= 0.6 is 0 Å². The van der Waals surface area contributed by atoms with Gasteiger partial charge in [0.2, 0.25) is 0 Å². The SMILES string of the molecule is O=S(=O)(O)c1ccc(N=Nc2cnn(-c3ccc(S(=O)(=O)O)cc3)c2)cc1. The monoisotopic (exact) mass is 408 g/mol. The second-order valence-corrected chi connectivity index (χ2v) is 8.12. The molecule has 140 valence electrons. The fraction of sp³-hybridized carbons (Fsp3) is 0. The lowest BCUT2D eigenvalue weighted by Crippen LogP contribution is -1.99. The molecule has 0 fully saturated rings. The van der Waals surface area contributed by atoms with Gasteiger partial charge in [0.15, 0.2) is 0 Å². The molecule has 27 heavy (non-hydrogen) atoms. The molecule has 0 saturated carbocycles. The van der Waals surface area contributed by atoms with E-state index in [4.69, 9.17) is 9.11 Å². The van der Waals surface area contributed by atoms with Gasteiger partial charge in [0, 0.05) is 0 Å². The fourth-order valence-electron chi connectivity index (χ4n) is 2.08. The third-order valence-electron chi connectivity index (χ3n) is 3.38. The molecular weight excluding hydrogens is 396 g/mol. The van der Waals surface area contributed by atoms with E-state index in [9.17, 15) is 16.8 Å². The van der Waals surface area contributed by atoms with Crippen LogP contribution in [0, 0.1) is 0 Å². The van der Waals surface area contributed by atoms with Crippen LogP contribution in [-0.2, 0) is 20.2 Å². The van der Waals surface area contributed by atoms with Gasteiger partial charge in [-0.15, -0.1) is 5.11 Å². The normalized spacial score (nSPS) is 12.5. The van der Waals surface area contributed by atoms with Gasteiger partial charge in [0.25, 0.3) is 20.2 Å². The van der Waals surface area contributed by atoms with Gasteiger partial charge in [-0.05, 0) is 48.5 Å². The molecule has 1 aromatic heterocycles. The molecule has 3 rings (SSSR count). The summed E-state index contributed by atoms with van der Waals surface area (Å²) in [5, 5.41) is 12.0. The topological polar surface area (TPSA) is 151 Å². The average Bonchev–Trinajstić information content (AvgIpc) is 3.08. The van der Waals surface area contributed by atoms with Gasteiger partial charge in [-0.2, -0.15) is 27.0 Å². The molecule has 0 aliphatic heterocycles. The lowest BCUT2D eigenvalue weighted by molar-refractivity contribution is 0.481. The lowest BCUT2D eigenvalue weighted by atomic mass is 10.3. The largest absolute Gasteiger partial charge is 0.294 e. The summed E-state index contributed by atoms with van der Waals surface area (Å²) in [7, 11) is -8.53. The number of nitrogens with zero attached hydrogens (tertiary/aromatic N) is 4. The Kier molecular flexibility index (Phi) is 4.89. The highest BCUT2D eigenvalue weighted by molar-refractivity contribution is 7.86. The molecule has 10 nitrogen and oxygen atoms in total. The maximum absolute atomic E-state index is 11.0. The highest BCUT2D eigenvalue weighted by atomic mass is 32.2. The molecule has 0 radical (unpaired) electrons. The first-order chi connectivity index (χ1) is 12.6. The standard InChI is InChI=1S/C15H12N4O6S2/c20-26(21,22)14-5-1-11(2-6-14)17-18-12-9-16-19(10-12)13-3-7-15(8-4-13)27(23,24)25/h1-10H,(H,20,21,22)(H,23,24,25). The Bertz CT molecular complexity index is 1200. The maximum atomic E-state index is 11.0. The molecule has 12 heteroatoms. The molecule has 0 aliphatic rings. The first-order valence-electron chi connectivity index (χ1n) is 7.25. The van der Waals surface area contributed by atoms with Crippen LogP contribution in [0.4, 0.5) is 11.4 Å². The van der Waals surface area contributed by atoms with Crippen LogP contribution in [0.25, 0.3) is 5.69 Å². The van der Waals surface area contributed by atoms with Gasteiger partial charge in [-0.25, -0.2) is 4.68 Å². The molecule has 2 N–H and O–H groups in total. The minimum Gasteiger partial charge on any atom is -0.282 e. The smallest absolute Gasteiger partial charge is 0.282 e. The van der Waals surface area contributed by atoms with Crippen LogP contribution in [0.3, 0.4) is 0 Å². The lowest BCUT2D eigenvalue weighted by Gasteiger charge is -2.01. The highest BCUT2D eigenvalue weighted by Gasteiger charge is 2.10. The van der Waals surface area contributed by atoms with Crippen LogP contribution < -0.4 is 0 Å². The third kappa shape index (κ3) is 4.62. The third-order valence-corrected chi connectivity index (χ3v) is 5.12. The summed E-state index contributed by atoms with van der Waals surface area (Å²) in [5.41, 5.74) is 1.31. The van der Waals surface area contributed by atoms with E-state index < -0.39 is 20.2 Å². The molecule has 3 aromatic rings. The van der Waals surface area contributed by atoms with Crippen molar-refractivity contribution in [1.29, 1.82) is 0 Å². The molecule has 0 spiro atoms. The Balaban J connectivity index is 1.77. The van der Waals surface area contributed by atoms with Crippen molar-refractivity contribution in [3.63, 3.8) is 0 Å². The summed E-state index contributed by atoms with van der Waals surface area (Å²) in [4.78, 5) is -0.478. The molecule has 2 aromatic carbocycles. The second kappa shape index (κ2) is 7.00. The van der Waals surface area contributed by atoms with Crippen LogP contribution in [0.1, 0.15) is 0 Å². The van der Waals surface area contributed by atoms with Gasteiger partial charge in [0.05, 0.1) is 33.6 Å². The van der Waals surface area contributed by atoms with Gasteiger partial charge < -0.3 is 0 Å². The predicted molar refractivity (Wildman–Crippen MR) is 93.8 cm³/mol. The van der Waals surface area contributed by atoms with Crippen LogP contribution in [0.5, 0.6) is 0 Å². The van der Waals surface area contributed by atoms with Crippen molar-refractivity contribution >= 4 is 31.6 Å². The number of rotatable bonds is 5. The number of hydrogen-bond donors (Lipinski definition) is 2. The quantitative estimate of drug-likeness (QED) is 0.486. The molecule has 1 heterocycles. The van der Waals surface area contributed by atoms with Crippen LogP contribution in [0.2, 0.25) is 0 Å². The number of hydrogen-bond acceptors (Lipinski definition) is 7. The summed E-state index contributed by atoms with van der Waals surface area (Å²) >= 11 is 0. The number of azo groups is 1. The van der Waals surface area contributed by atoms with E-state index in [2.05, 4.69) is 15.3 Å². The van der Waals surface area contributed by atoms with E-state index in [1.54, 1.807) is 6.20 Å².